The highest BCUT2D eigenvalue weighted by Crippen LogP contribution is 2.21. The minimum atomic E-state index is 0.342. The molecule has 0 amide bonds. The fourth-order valence-corrected chi connectivity index (χ4v) is 1.79. The van der Waals surface area contributed by atoms with E-state index in [0.29, 0.717) is 11.9 Å². The lowest BCUT2D eigenvalue weighted by molar-refractivity contribution is 0.116. The minimum absolute atomic E-state index is 0.342. The Morgan fingerprint density at radius 1 is 1.79 bits per heavy atom. The van der Waals surface area contributed by atoms with Crippen molar-refractivity contribution in [2.24, 2.45) is 0 Å². The van der Waals surface area contributed by atoms with Crippen molar-refractivity contribution in [2.45, 2.75) is 18.9 Å². The van der Waals surface area contributed by atoms with Gasteiger partial charge in [-0.15, -0.1) is 0 Å². The number of nitrogens with one attached hydrogen (secondary N) is 1. The number of aromatic nitrogens is 2. The number of rotatable bonds is 3. The molecule has 0 aromatic carbocycles. The molecule has 78 valence electrons. The predicted octanol–water partition coefficient (Wildman–Crippen LogP) is 0.607. The van der Waals surface area contributed by atoms with Crippen LogP contribution in [-0.2, 0) is 4.74 Å². The Morgan fingerprint density at radius 3 is 3.21 bits per heavy atom. The molecule has 1 atom stereocenters. The third-order valence-electron chi connectivity index (χ3n) is 2.56. The Labute approximate surface area is 83.2 Å². The van der Waals surface area contributed by atoms with Gasteiger partial charge in [0.25, 0.3) is 0 Å². The zero-order valence-electron chi connectivity index (χ0n) is 8.36. The third kappa shape index (κ3) is 1.82. The summed E-state index contributed by atoms with van der Waals surface area (Å²) in [4.78, 5) is 2.08. The number of H-pyrrole nitrogens is 1. The van der Waals surface area contributed by atoms with Gasteiger partial charge in [0.1, 0.15) is 5.82 Å². The van der Waals surface area contributed by atoms with Crippen LogP contribution in [0.4, 0.5) is 11.5 Å². The molecular weight excluding hydrogens is 180 g/mol. The van der Waals surface area contributed by atoms with Gasteiger partial charge in [0.05, 0.1) is 18.0 Å². The normalized spacial score (nSPS) is 21.4. The second-order valence-corrected chi connectivity index (χ2v) is 3.68. The van der Waals surface area contributed by atoms with Crippen molar-refractivity contribution in [2.75, 3.05) is 30.8 Å². The van der Waals surface area contributed by atoms with Crippen molar-refractivity contribution in [3.63, 3.8) is 0 Å². The Kier molecular flexibility index (Phi) is 2.58. The minimum Gasteiger partial charge on any atom is -0.382 e. The maximum atomic E-state index is 5.72. The van der Waals surface area contributed by atoms with Crippen LogP contribution in [0.2, 0.25) is 0 Å². The summed E-state index contributed by atoms with van der Waals surface area (Å²) in [6.07, 6.45) is 4.39. The van der Waals surface area contributed by atoms with Gasteiger partial charge in [-0.05, 0) is 12.8 Å². The number of aromatic amines is 1. The summed E-state index contributed by atoms with van der Waals surface area (Å²) in [6, 6.07) is 0. The lowest BCUT2D eigenvalue weighted by atomic mass is 10.2. The van der Waals surface area contributed by atoms with E-state index in [1.807, 2.05) is 7.05 Å². The van der Waals surface area contributed by atoms with E-state index in [2.05, 4.69) is 15.1 Å². The molecule has 3 N–H and O–H groups in total. The van der Waals surface area contributed by atoms with E-state index in [0.717, 1.165) is 25.3 Å². The van der Waals surface area contributed by atoms with E-state index in [9.17, 15) is 0 Å². The molecule has 2 heterocycles. The van der Waals surface area contributed by atoms with Gasteiger partial charge in [-0.1, -0.05) is 0 Å². The molecule has 0 spiro atoms. The van der Waals surface area contributed by atoms with Crippen molar-refractivity contribution in [1.29, 1.82) is 0 Å². The summed E-state index contributed by atoms with van der Waals surface area (Å²) < 4.78 is 5.55. The van der Waals surface area contributed by atoms with E-state index < -0.39 is 0 Å². The third-order valence-corrected chi connectivity index (χ3v) is 2.56. The Bertz CT molecular complexity index is 293. The Morgan fingerprint density at radius 2 is 2.64 bits per heavy atom. The number of nitrogens with two attached hydrogens (primary N) is 1. The zero-order valence-corrected chi connectivity index (χ0v) is 8.36. The van der Waals surface area contributed by atoms with Crippen molar-refractivity contribution in [3.8, 4) is 0 Å². The summed E-state index contributed by atoms with van der Waals surface area (Å²) in [6.45, 7) is 1.77. The predicted molar refractivity (Wildman–Crippen MR) is 55.2 cm³/mol. The lowest BCUT2D eigenvalue weighted by Crippen LogP contribution is -2.28. The molecule has 1 aliphatic rings. The van der Waals surface area contributed by atoms with Gasteiger partial charge in [-0.25, -0.2) is 0 Å². The number of ether oxygens (including phenoxy) is 1. The second kappa shape index (κ2) is 3.88. The van der Waals surface area contributed by atoms with Crippen LogP contribution in [-0.4, -0.2) is 36.5 Å². The zero-order chi connectivity index (χ0) is 9.97. The number of hydrogen-bond donors (Lipinski definition) is 2. The average Bonchev–Trinajstić information content (AvgIpc) is 2.75. The number of anilines is 2. The van der Waals surface area contributed by atoms with Crippen LogP contribution in [0, 0.1) is 0 Å². The first kappa shape index (κ1) is 9.33. The molecule has 0 radical (unpaired) electrons. The first-order valence-electron chi connectivity index (χ1n) is 4.89. The van der Waals surface area contributed by atoms with Crippen molar-refractivity contribution >= 4 is 11.5 Å². The van der Waals surface area contributed by atoms with Gasteiger partial charge in [-0.3, -0.25) is 5.10 Å². The first-order chi connectivity index (χ1) is 6.77. The molecule has 0 bridgehead atoms. The molecule has 1 aromatic heterocycles. The lowest BCUT2D eigenvalue weighted by Gasteiger charge is -2.21. The van der Waals surface area contributed by atoms with Gasteiger partial charge in [0, 0.05) is 20.2 Å². The van der Waals surface area contributed by atoms with Crippen molar-refractivity contribution in [1.82, 2.24) is 10.2 Å². The van der Waals surface area contributed by atoms with Crippen LogP contribution >= 0.6 is 0 Å². The SMILES string of the molecule is CN(CC1CCCO1)c1cn[nH]c1N. The largest absolute Gasteiger partial charge is 0.382 e. The van der Waals surface area contributed by atoms with Gasteiger partial charge in [0.15, 0.2) is 0 Å². The fraction of sp³-hybridized carbons (Fsp3) is 0.667. The molecule has 2 rings (SSSR count). The Hall–Kier alpha value is -1.23. The van der Waals surface area contributed by atoms with Crippen LogP contribution in [0.25, 0.3) is 0 Å². The Balaban J connectivity index is 1.95. The number of nitrogens with zero attached hydrogens (tertiary/aromatic N) is 2. The molecule has 1 aromatic rings. The maximum absolute atomic E-state index is 5.72. The van der Waals surface area contributed by atoms with Crippen molar-refractivity contribution < 1.29 is 4.74 Å². The summed E-state index contributed by atoms with van der Waals surface area (Å²) in [5, 5.41) is 6.60. The van der Waals surface area contributed by atoms with Crippen LogP contribution in [0.15, 0.2) is 6.20 Å². The quantitative estimate of drug-likeness (QED) is 0.743. The smallest absolute Gasteiger partial charge is 0.142 e. The van der Waals surface area contributed by atoms with Crippen LogP contribution in [0.5, 0.6) is 0 Å². The van der Waals surface area contributed by atoms with Crippen LogP contribution in [0.3, 0.4) is 0 Å². The highest BCUT2D eigenvalue weighted by molar-refractivity contribution is 5.61. The average molecular weight is 196 g/mol. The molecule has 0 saturated carbocycles. The molecule has 5 nitrogen and oxygen atoms in total. The number of likely N-dealkylation sites (N-methyl/N-ethyl adjacent to an activating group) is 1. The molecule has 1 fully saturated rings. The summed E-state index contributed by atoms with van der Waals surface area (Å²) >= 11 is 0. The van der Waals surface area contributed by atoms with E-state index >= 15 is 0 Å². The maximum Gasteiger partial charge on any atom is 0.142 e. The second-order valence-electron chi connectivity index (χ2n) is 3.68. The van der Waals surface area contributed by atoms with Gasteiger partial charge in [-0.2, -0.15) is 5.10 Å². The standard InChI is InChI=1S/C9H16N4O/c1-13(6-7-3-2-4-14-7)8-5-11-12-9(8)10/h5,7H,2-4,6H2,1H3,(H3,10,11,12). The van der Waals surface area contributed by atoms with Crippen LogP contribution < -0.4 is 10.6 Å². The van der Waals surface area contributed by atoms with Gasteiger partial charge >= 0.3 is 0 Å². The van der Waals surface area contributed by atoms with E-state index in [1.165, 1.54) is 6.42 Å². The van der Waals surface area contributed by atoms with Gasteiger partial charge < -0.3 is 15.4 Å². The number of hydrogen-bond acceptors (Lipinski definition) is 4. The van der Waals surface area contributed by atoms with E-state index in [4.69, 9.17) is 10.5 Å². The molecule has 1 unspecified atom stereocenters. The molecular formula is C9H16N4O. The number of nitrogen functional groups attached to an aromatic ring is 1. The molecule has 5 heteroatoms. The molecule has 1 aliphatic heterocycles. The molecule has 14 heavy (non-hydrogen) atoms. The highest BCUT2D eigenvalue weighted by atomic mass is 16.5. The summed E-state index contributed by atoms with van der Waals surface area (Å²) in [5.41, 5.74) is 6.66. The molecule has 1 saturated heterocycles. The monoisotopic (exact) mass is 196 g/mol. The fourth-order valence-electron chi connectivity index (χ4n) is 1.79. The summed E-state index contributed by atoms with van der Waals surface area (Å²) in [5.74, 6) is 0.616. The summed E-state index contributed by atoms with van der Waals surface area (Å²) in [7, 11) is 2.00. The van der Waals surface area contributed by atoms with E-state index in [-0.39, 0.29) is 0 Å². The van der Waals surface area contributed by atoms with Gasteiger partial charge in [0.2, 0.25) is 0 Å². The topological polar surface area (TPSA) is 67.2 Å². The van der Waals surface area contributed by atoms with E-state index in [1.54, 1.807) is 6.20 Å². The first-order valence-corrected chi connectivity index (χ1v) is 4.89. The van der Waals surface area contributed by atoms with Crippen LogP contribution in [0.1, 0.15) is 12.8 Å². The van der Waals surface area contributed by atoms with Crippen molar-refractivity contribution in [3.05, 3.63) is 6.20 Å². The molecule has 0 aliphatic carbocycles. The highest BCUT2D eigenvalue weighted by Gasteiger charge is 2.18.